The highest BCUT2D eigenvalue weighted by molar-refractivity contribution is 7.89. The van der Waals surface area contributed by atoms with Crippen molar-refractivity contribution in [2.45, 2.75) is 38.8 Å². The molecule has 2 aromatic rings. The molecule has 11 heteroatoms. The van der Waals surface area contributed by atoms with Gasteiger partial charge in [0.15, 0.2) is 5.75 Å². The van der Waals surface area contributed by atoms with Crippen LogP contribution in [0.15, 0.2) is 48.5 Å². The van der Waals surface area contributed by atoms with Crippen LogP contribution in [-0.2, 0) is 21.4 Å². The molecule has 0 radical (unpaired) electrons. The number of nitrogens with zero attached hydrogens (tertiary/aromatic N) is 2. The lowest BCUT2D eigenvalue weighted by atomic mass is 9.94. The molecule has 1 N–H and O–H groups in total. The number of amides is 1. The summed E-state index contributed by atoms with van der Waals surface area (Å²) in [5.41, 5.74) is 2.64. The molecule has 3 rings (SSSR count). The van der Waals surface area contributed by atoms with Crippen molar-refractivity contribution in [2.75, 3.05) is 32.5 Å². The molecular formula is C25H31F3N2O5S. The quantitative estimate of drug-likeness (QED) is 0.620. The zero-order chi connectivity index (χ0) is 26.7. The lowest BCUT2D eigenvalue weighted by Crippen LogP contribution is -2.48. The minimum atomic E-state index is -4.88. The van der Waals surface area contributed by atoms with Gasteiger partial charge in [-0.05, 0) is 29.7 Å². The van der Waals surface area contributed by atoms with E-state index in [0.29, 0.717) is 15.4 Å². The average molecular weight is 529 g/mol. The number of carbonyl (C=O) groups is 1. The van der Waals surface area contributed by atoms with Crippen molar-refractivity contribution in [2.24, 2.45) is 5.92 Å². The van der Waals surface area contributed by atoms with E-state index in [2.05, 4.69) is 0 Å². The van der Waals surface area contributed by atoms with Gasteiger partial charge in [-0.15, -0.1) is 0 Å². The highest BCUT2D eigenvalue weighted by Crippen LogP contribution is 2.31. The number of halogens is 3. The highest BCUT2D eigenvalue weighted by Gasteiger charge is 2.39. The number of carbonyl (C=O) groups excluding carboxylic acids is 1. The Kier molecular flexibility index (Phi) is 8.81. The maximum atomic E-state index is 13.7. The van der Waals surface area contributed by atoms with E-state index >= 15 is 0 Å². The summed E-state index contributed by atoms with van der Waals surface area (Å²) in [4.78, 5) is 15.2. The van der Waals surface area contributed by atoms with Crippen molar-refractivity contribution in [3.63, 3.8) is 0 Å². The van der Waals surface area contributed by atoms with Crippen molar-refractivity contribution >= 4 is 15.9 Å². The molecule has 1 heterocycles. The molecule has 0 fully saturated rings. The average Bonchev–Trinajstić information content (AvgIpc) is 2.83. The number of alkyl halides is 3. The van der Waals surface area contributed by atoms with Crippen LogP contribution in [0.1, 0.15) is 29.8 Å². The largest absolute Gasteiger partial charge is 0.404 e. The first-order valence-corrected chi connectivity index (χ1v) is 13.2. The number of aliphatic hydroxyl groups is 1. The third-order valence-electron chi connectivity index (χ3n) is 6.35. The second kappa shape index (κ2) is 11.3. The van der Waals surface area contributed by atoms with Gasteiger partial charge in [0.1, 0.15) is 0 Å². The molecule has 0 spiro atoms. The fourth-order valence-corrected chi connectivity index (χ4v) is 5.24. The summed E-state index contributed by atoms with van der Waals surface area (Å²) in [6, 6.07) is 13.9. The SMILES string of the molecule is C[C@@H]1CN([C@H](C)CO)C(=O)c2ccccc2-c2ccccc2CO[C@@H]1CN(C)S(=O)(=O)CC(F)(F)F. The second-order valence-corrected chi connectivity index (χ2v) is 11.2. The van der Waals surface area contributed by atoms with Gasteiger partial charge in [-0.1, -0.05) is 49.4 Å². The van der Waals surface area contributed by atoms with Crippen molar-refractivity contribution < 1.29 is 36.2 Å². The van der Waals surface area contributed by atoms with E-state index in [-0.39, 0.29) is 32.2 Å². The third kappa shape index (κ3) is 6.64. The first-order valence-electron chi connectivity index (χ1n) is 11.6. The molecule has 1 aliphatic heterocycles. The standard InChI is InChI=1S/C25H31F3N2O5S/c1-17-12-30(18(2)14-31)24(32)22-11-7-6-10-21(22)20-9-5-4-8-19(20)15-35-23(17)13-29(3)36(33,34)16-25(26,27)28/h4-11,17-18,23,31H,12-16H2,1-3H3/t17-,18-,23-/m1/s1. The number of benzene rings is 2. The Hall–Kier alpha value is -2.47. The van der Waals surface area contributed by atoms with E-state index < -0.39 is 40.0 Å². The van der Waals surface area contributed by atoms with Gasteiger partial charge in [0.05, 0.1) is 25.4 Å². The van der Waals surface area contributed by atoms with Gasteiger partial charge in [0, 0.05) is 31.6 Å². The Morgan fingerprint density at radius 1 is 1.11 bits per heavy atom. The lowest BCUT2D eigenvalue weighted by molar-refractivity contribution is -0.107. The predicted octanol–water partition coefficient (Wildman–Crippen LogP) is 3.54. The summed E-state index contributed by atoms with van der Waals surface area (Å²) in [5.74, 6) is -2.75. The van der Waals surface area contributed by atoms with Crippen LogP contribution >= 0.6 is 0 Å². The lowest BCUT2D eigenvalue weighted by Gasteiger charge is -2.35. The Morgan fingerprint density at radius 3 is 2.31 bits per heavy atom. The minimum absolute atomic E-state index is 0.0659. The normalized spacial score (nSPS) is 20.4. The van der Waals surface area contributed by atoms with E-state index in [1.54, 1.807) is 26.0 Å². The molecule has 3 atom stereocenters. The molecule has 0 aromatic heterocycles. The van der Waals surface area contributed by atoms with Crippen LogP contribution in [0.25, 0.3) is 11.1 Å². The van der Waals surface area contributed by atoms with Crippen molar-refractivity contribution in [1.82, 2.24) is 9.21 Å². The summed E-state index contributed by atoms with van der Waals surface area (Å²) in [6.45, 7) is 2.97. The number of ether oxygens (including phenoxy) is 1. The van der Waals surface area contributed by atoms with E-state index in [1.165, 1.54) is 4.90 Å². The molecule has 0 unspecified atom stereocenters. The first kappa shape index (κ1) is 28.1. The van der Waals surface area contributed by atoms with Gasteiger partial charge in [0.25, 0.3) is 5.91 Å². The highest BCUT2D eigenvalue weighted by atomic mass is 32.2. The van der Waals surface area contributed by atoms with Crippen LogP contribution in [0.3, 0.4) is 0 Å². The molecule has 2 aromatic carbocycles. The van der Waals surface area contributed by atoms with Gasteiger partial charge in [-0.25, -0.2) is 12.7 Å². The number of hydrogen-bond donors (Lipinski definition) is 1. The fourth-order valence-electron chi connectivity index (χ4n) is 4.24. The van der Waals surface area contributed by atoms with Gasteiger partial charge in [0.2, 0.25) is 10.0 Å². The topological polar surface area (TPSA) is 87.2 Å². The van der Waals surface area contributed by atoms with Crippen LogP contribution < -0.4 is 0 Å². The zero-order valence-corrected chi connectivity index (χ0v) is 21.2. The van der Waals surface area contributed by atoms with E-state index in [9.17, 15) is 31.5 Å². The molecule has 0 bridgehead atoms. The van der Waals surface area contributed by atoms with E-state index in [1.807, 2.05) is 36.4 Å². The summed E-state index contributed by atoms with van der Waals surface area (Å²) in [6.07, 6.45) is -5.70. The van der Waals surface area contributed by atoms with Gasteiger partial charge in [-0.3, -0.25) is 4.79 Å². The van der Waals surface area contributed by atoms with Crippen LogP contribution in [0.2, 0.25) is 0 Å². The second-order valence-electron chi connectivity index (χ2n) is 9.17. The molecule has 7 nitrogen and oxygen atoms in total. The molecule has 1 amide bonds. The first-order chi connectivity index (χ1) is 16.8. The van der Waals surface area contributed by atoms with E-state index in [0.717, 1.165) is 18.2 Å². The van der Waals surface area contributed by atoms with Crippen LogP contribution in [-0.4, -0.2) is 79.5 Å². The van der Waals surface area contributed by atoms with Gasteiger partial charge >= 0.3 is 6.18 Å². The summed E-state index contributed by atoms with van der Waals surface area (Å²) in [7, 11) is -3.54. The summed E-state index contributed by atoms with van der Waals surface area (Å²) >= 11 is 0. The van der Waals surface area contributed by atoms with E-state index in [4.69, 9.17) is 4.74 Å². The number of hydrogen-bond acceptors (Lipinski definition) is 5. The van der Waals surface area contributed by atoms with Crippen LogP contribution in [0.5, 0.6) is 0 Å². The minimum Gasteiger partial charge on any atom is -0.394 e. The fraction of sp³-hybridized carbons (Fsp3) is 0.480. The number of fused-ring (bicyclic) bond motifs is 3. The molecular weight excluding hydrogens is 497 g/mol. The number of aliphatic hydroxyl groups excluding tert-OH is 1. The molecule has 0 saturated heterocycles. The van der Waals surface area contributed by atoms with Crippen LogP contribution in [0, 0.1) is 5.92 Å². The smallest absolute Gasteiger partial charge is 0.394 e. The zero-order valence-electron chi connectivity index (χ0n) is 20.4. The Labute approximate surface area is 209 Å². The predicted molar refractivity (Wildman–Crippen MR) is 130 cm³/mol. The molecule has 198 valence electrons. The number of likely N-dealkylation sites (N-methyl/N-ethyl adjacent to an activating group) is 1. The molecule has 0 saturated carbocycles. The molecule has 1 aliphatic rings. The molecule has 36 heavy (non-hydrogen) atoms. The van der Waals surface area contributed by atoms with Crippen molar-refractivity contribution in [3.8, 4) is 11.1 Å². The number of sulfonamides is 1. The number of rotatable bonds is 6. The van der Waals surface area contributed by atoms with Crippen LogP contribution in [0.4, 0.5) is 13.2 Å². The monoisotopic (exact) mass is 528 g/mol. The van der Waals surface area contributed by atoms with Gasteiger partial charge < -0.3 is 14.7 Å². The Balaban J connectivity index is 2.04. The Bertz CT molecular complexity index is 1170. The third-order valence-corrected chi connectivity index (χ3v) is 8.14. The maximum Gasteiger partial charge on any atom is 0.404 e. The summed E-state index contributed by atoms with van der Waals surface area (Å²) in [5, 5.41) is 9.85. The maximum absolute atomic E-state index is 13.7. The summed E-state index contributed by atoms with van der Waals surface area (Å²) < 4.78 is 70.0. The molecule has 0 aliphatic carbocycles. The van der Waals surface area contributed by atoms with Crippen molar-refractivity contribution in [3.05, 3.63) is 59.7 Å². The van der Waals surface area contributed by atoms with Crippen molar-refractivity contribution in [1.29, 1.82) is 0 Å². The van der Waals surface area contributed by atoms with Gasteiger partial charge in [-0.2, -0.15) is 13.2 Å². The Morgan fingerprint density at radius 2 is 1.69 bits per heavy atom.